The SMILES string of the molecule is O=C=N[PH](O)(O)O. The van der Waals surface area contributed by atoms with Crippen molar-refractivity contribution in [3.05, 3.63) is 0 Å². The molecule has 6 heteroatoms. The Morgan fingerprint density at radius 3 is 1.86 bits per heavy atom. The van der Waals surface area contributed by atoms with E-state index < -0.39 is 8.09 Å². The van der Waals surface area contributed by atoms with Crippen LogP contribution >= 0.6 is 8.09 Å². The van der Waals surface area contributed by atoms with Gasteiger partial charge in [0.1, 0.15) is 0 Å². The van der Waals surface area contributed by atoms with Crippen LogP contribution < -0.4 is 0 Å². The predicted octanol–water partition coefficient (Wildman–Crippen LogP) is -1.29. The van der Waals surface area contributed by atoms with E-state index >= 15 is 0 Å². The second-order valence-electron chi connectivity index (χ2n) is 0.803. The molecule has 0 heterocycles. The van der Waals surface area contributed by atoms with Crippen LogP contribution in [-0.2, 0) is 4.79 Å². The average Bonchev–Trinajstić information content (AvgIpc) is 1.30. The van der Waals surface area contributed by atoms with Crippen molar-refractivity contribution in [3.8, 4) is 0 Å². The molecule has 0 fully saturated rings. The minimum absolute atomic E-state index is 0.794. The molecule has 0 aliphatic carbocycles. The Kier molecular flexibility index (Phi) is 2.02. The van der Waals surface area contributed by atoms with E-state index in [4.69, 9.17) is 19.5 Å². The topological polar surface area (TPSA) is 90.1 Å². The summed E-state index contributed by atoms with van der Waals surface area (Å²) >= 11 is 0. The van der Waals surface area contributed by atoms with Crippen molar-refractivity contribution in [1.29, 1.82) is 0 Å². The molecule has 0 aromatic carbocycles. The summed E-state index contributed by atoms with van der Waals surface area (Å²) in [6.45, 7) is 0. The van der Waals surface area contributed by atoms with Crippen LogP contribution in [0.1, 0.15) is 0 Å². The van der Waals surface area contributed by atoms with Crippen LogP contribution in [0.4, 0.5) is 0 Å². The molecule has 0 saturated heterocycles. The fourth-order valence-electron chi connectivity index (χ4n) is 0.0612. The molecule has 7 heavy (non-hydrogen) atoms. The van der Waals surface area contributed by atoms with Gasteiger partial charge in [-0.3, -0.25) is 0 Å². The molecule has 0 unspecified atom stereocenters. The Labute approximate surface area is 39.6 Å². The molecule has 0 aromatic heterocycles. The first-order chi connectivity index (χ1) is 3.06. The van der Waals surface area contributed by atoms with Crippen LogP contribution in [0.2, 0.25) is 0 Å². The number of isocyanates is 1. The van der Waals surface area contributed by atoms with Crippen molar-refractivity contribution < 1.29 is 19.5 Å². The summed E-state index contributed by atoms with van der Waals surface area (Å²) in [6, 6.07) is 0. The van der Waals surface area contributed by atoms with Gasteiger partial charge in [0, 0.05) is 0 Å². The Balaban J connectivity index is 3.80. The molecular weight excluding hydrogens is 121 g/mol. The molecule has 0 rings (SSSR count). The van der Waals surface area contributed by atoms with Gasteiger partial charge in [0.2, 0.25) is 0 Å². The minimum atomic E-state index is -4.46. The zero-order chi connectivity index (χ0) is 5.91. The van der Waals surface area contributed by atoms with E-state index in [1.54, 1.807) is 0 Å². The van der Waals surface area contributed by atoms with E-state index in [1.165, 1.54) is 0 Å². The third-order valence-electron chi connectivity index (χ3n) is 0.196. The van der Waals surface area contributed by atoms with Gasteiger partial charge < -0.3 is 0 Å². The number of rotatable bonds is 1. The second kappa shape index (κ2) is 2.12. The summed E-state index contributed by atoms with van der Waals surface area (Å²) in [6.07, 6.45) is 0.794. The van der Waals surface area contributed by atoms with Gasteiger partial charge in [0.25, 0.3) is 0 Å². The van der Waals surface area contributed by atoms with E-state index in [2.05, 4.69) is 4.76 Å². The normalized spacial score (nSPS) is 12.4. The van der Waals surface area contributed by atoms with Crippen molar-refractivity contribution in [2.45, 2.75) is 0 Å². The van der Waals surface area contributed by atoms with Gasteiger partial charge in [-0.25, -0.2) is 0 Å². The monoisotopic (exact) mass is 125 g/mol. The third kappa shape index (κ3) is 5.69. The summed E-state index contributed by atoms with van der Waals surface area (Å²) in [7, 11) is -4.46. The molecule has 0 aliphatic heterocycles. The third-order valence-corrected chi connectivity index (χ3v) is 0.587. The summed E-state index contributed by atoms with van der Waals surface area (Å²) in [4.78, 5) is 32.6. The second-order valence-corrected chi connectivity index (χ2v) is 2.23. The first-order valence-corrected chi connectivity index (χ1v) is 3.11. The first-order valence-electron chi connectivity index (χ1n) is 1.32. The van der Waals surface area contributed by atoms with Crippen molar-refractivity contribution in [1.82, 2.24) is 0 Å². The van der Waals surface area contributed by atoms with E-state index in [0.29, 0.717) is 0 Å². The van der Waals surface area contributed by atoms with Crippen LogP contribution in [-0.4, -0.2) is 20.8 Å². The summed E-state index contributed by atoms with van der Waals surface area (Å²) in [5.74, 6) is 0. The quantitative estimate of drug-likeness (QED) is 0.231. The van der Waals surface area contributed by atoms with Crippen LogP contribution in [0.5, 0.6) is 0 Å². The zero-order valence-electron chi connectivity index (χ0n) is 3.20. The number of carbonyl (C=O) groups excluding carboxylic acids is 1. The Bertz CT molecular complexity index is 98.7. The Morgan fingerprint density at radius 2 is 1.86 bits per heavy atom. The van der Waals surface area contributed by atoms with Crippen LogP contribution in [0.25, 0.3) is 0 Å². The fraction of sp³-hybridized carbons (Fsp3) is 0. The standard InChI is InChI=1S/CH4NO4P/c3-1-2-7(4,5)6/h4-7H. The van der Waals surface area contributed by atoms with Gasteiger partial charge >= 0.3 is 38.4 Å². The van der Waals surface area contributed by atoms with Gasteiger partial charge in [-0.1, -0.05) is 0 Å². The van der Waals surface area contributed by atoms with Crippen molar-refractivity contribution >= 4 is 14.2 Å². The molecule has 0 aliphatic rings. The molecule has 3 N–H and O–H groups in total. The molecule has 0 radical (unpaired) electrons. The number of nitrogens with zero attached hydrogens (tertiary/aromatic N) is 1. The number of hydrogen-bond donors (Lipinski definition) is 3. The van der Waals surface area contributed by atoms with Gasteiger partial charge in [0.15, 0.2) is 0 Å². The molecule has 0 amide bonds. The summed E-state index contributed by atoms with van der Waals surface area (Å²) in [5.41, 5.74) is 0. The molecule has 0 atom stereocenters. The molecule has 5 nitrogen and oxygen atoms in total. The van der Waals surface area contributed by atoms with Crippen LogP contribution in [0.3, 0.4) is 0 Å². The van der Waals surface area contributed by atoms with Crippen molar-refractivity contribution in [3.63, 3.8) is 0 Å². The van der Waals surface area contributed by atoms with Crippen LogP contribution in [0.15, 0.2) is 4.76 Å². The average molecular weight is 125 g/mol. The maximum absolute atomic E-state index is 9.08. The van der Waals surface area contributed by atoms with E-state index in [-0.39, 0.29) is 0 Å². The molecule has 0 bridgehead atoms. The molecule has 0 spiro atoms. The van der Waals surface area contributed by atoms with E-state index in [9.17, 15) is 0 Å². The van der Waals surface area contributed by atoms with Gasteiger partial charge in [-0.05, 0) is 0 Å². The maximum atomic E-state index is 9.08. The van der Waals surface area contributed by atoms with Gasteiger partial charge in [-0.2, -0.15) is 0 Å². The Hall–Kier alpha value is -0.310. The zero-order valence-corrected chi connectivity index (χ0v) is 4.20. The fourth-order valence-corrected chi connectivity index (χ4v) is 0.184. The number of hydrogen-bond acceptors (Lipinski definition) is 5. The van der Waals surface area contributed by atoms with Gasteiger partial charge in [-0.15, -0.1) is 0 Å². The van der Waals surface area contributed by atoms with Crippen molar-refractivity contribution in [2.24, 2.45) is 4.76 Å². The first kappa shape index (κ1) is 6.69. The Morgan fingerprint density at radius 1 is 1.43 bits per heavy atom. The molecule has 0 aromatic rings. The molecule has 0 saturated carbocycles. The van der Waals surface area contributed by atoms with E-state index in [1.807, 2.05) is 0 Å². The molecule has 42 valence electrons. The van der Waals surface area contributed by atoms with E-state index in [0.717, 1.165) is 6.08 Å². The van der Waals surface area contributed by atoms with Gasteiger partial charge in [0.05, 0.1) is 0 Å². The molecular formula is CH4NO4P. The van der Waals surface area contributed by atoms with Crippen LogP contribution in [0, 0.1) is 0 Å². The predicted molar refractivity (Wildman–Crippen MR) is 23.1 cm³/mol. The van der Waals surface area contributed by atoms with Crippen molar-refractivity contribution in [2.75, 3.05) is 0 Å². The summed E-state index contributed by atoms with van der Waals surface area (Å²) < 4.78 is 2.26. The summed E-state index contributed by atoms with van der Waals surface area (Å²) in [5, 5.41) is 0.